The van der Waals surface area contributed by atoms with Crippen molar-refractivity contribution in [2.45, 2.75) is 57.1 Å². The summed E-state index contributed by atoms with van der Waals surface area (Å²) in [5.74, 6) is -1.58. The summed E-state index contributed by atoms with van der Waals surface area (Å²) in [4.78, 5) is 49.6. The highest BCUT2D eigenvalue weighted by molar-refractivity contribution is 6.09. The first-order valence-electron chi connectivity index (χ1n) is 9.60. The summed E-state index contributed by atoms with van der Waals surface area (Å²) in [6.45, 7) is 2.08. The molecule has 0 unspecified atom stereocenters. The van der Waals surface area contributed by atoms with E-state index >= 15 is 0 Å². The zero-order valence-corrected chi connectivity index (χ0v) is 15.6. The molecule has 9 heteroatoms. The van der Waals surface area contributed by atoms with Crippen LogP contribution in [0.25, 0.3) is 0 Å². The maximum atomic E-state index is 12.8. The molecule has 0 aromatic rings. The topological polar surface area (TPSA) is 114 Å². The van der Waals surface area contributed by atoms with Crippen molar-refractivity contribution < 1.29 is 28.7 Å². The first-order chi connectivity index (χ1) is 12.9. The fourth-order valence-corrected chi connectivity index (χ4v) is 4.04. The predicted octanol–water partition coefficient (Wildman–Crippen LogP) is 0.326. The van der Waals surface area contributed by atoms with Crippen molar-refractivity contribution in [3.8, 4) is 0 Å². The van der Waals surface area contributed by atoms with Crippen LogP contribution in [0.3, 0.4) is 0 Å². The highest BCUT2D eigenvalue weighted by Gasteiger charge is 2.55. The van der Waals surface area contributed by atoms with Gasteiger partial charge in [-0.2, -0.15) is 0 Å². The number of rotatable bonds is 6. The molecule has 3 fully saturated rings. The van der Waals surface area contributed by atoms with Crippen LogP contribution >= 0.6 is 0 Å². The fraction of sp³-hybridized carbons (Fsp3) is 0.778. The van der Waals surface area contributed by atoms with Gasteiger partial charge < -0.3 is 20.1 Å². The molecule has 3 aliphatic rings. The molecule has 0 radical (unpaired) electrons. The Hall–Kier alpha value is -2.16. The van der Waals surface area contributed by atoms with Gasteiger partial charge in [0.15, 0.2) is 6.61 Å². The summed E-state index contributed by atoms with van der Waals surface area (Å²) in [7, 11) is 0. The van der Waals surface area contributed by atoms with E-state index in [-0.39, 0.29) is 17.9 Å². The number of esters is 1. The van der Waals surface area contributed by atoms with Crippen LogP contribution in [0.2, 0.25) is 0 Å². The molecule has 3 rings (SSSR count). The minimum Gasteiger partial charge on any atom is -0.454 e. The Labute approximate surface area is 158 Å². The van der Waals surface area contributed by atoms with Crippen LogP contribution in [-0.2, 0) is 23.9 Å². The third kappa shape index (κ3) is 4.23. The van der Waals surface area contributed by atoms with Gasteiger partial charge >= 0.3 is 12.0 Å². The number of urea groups is 1. The average Bonchev–Trinajstić information content (AvgIpc) is 3.24. The number of amides is 4. The Morgan fingerprint density at radius 1 is 1.30 bits per heavy atom. The second kappa shape index (κ2) is 8.24. The molecule has 1 aliphatic carbocycles. The zero-order chi connectivity index (χ0) is 19.4. The predicted molar refractivity (Wildman–Crippen MR) is 93.6 cm³/mol. The molecule has 1 spiro atoms. The molecule has 0 aromatic carbocycles. The SMILES string of the molecule is C[C@H]1CCCC[C@@]12NC(=O)N(CC(=O)OCC(=O)NC[C@@H]1CCCO1)C2=O. The van der Waals surface area contributed by atoms with Gasteiger partial charge in [-0.25, -0.2) is 4.79 Å². The lowest BCUT2D eigenvalue weighted by molar-refractivity contribution is -0.151. The van der Waals surface area contributed by atoms with E-state index in [0.717, 1.165) is 37.0 Å². The van der Waals surface area contributed by atoms with E-state index in [1.54, 1.807) is 0 Å². The van der Waals surface area contributed by atoms with Crippen molar-refractivity contribution in [2.24, 2.45) is 5.92 Å². The van der Waals surface area contributed by atoms with Crippen LogP contribution < -0.4 is 10.6 Å². The van der Waals surface area contributed by atoms with E-state index in [2.05, 4.69) is 10.6 Å². The molecule has 3 atom stereocenters. The molecule has 2 heterocycles. The Bertz CT molecular complexity index is 618. The number of carbonyl (C=O) groups excluding carboxylic acids is 4. The lowest BCUT2D eigenvalue weighted by Crippen LogP contribution is -2.54. The summed E-state index contributed by atoms with van der Waals surface area (Å²) >= 11 is 0. The molecule has 2 N–H and O–H groups in total. The van der Waals surface area contributed by atoms with Crippen molar-refractivity contribution in [3.63, 3.8) is 0 Å². The molecule has 9 nitrogen and oxygen atoms in total. The molecule has 0 aromatic heterocycles. The molecular weight excluding hydrogens is 354 g/mol. The lowest BCUT2D eigenvalue weighted by atomic mass is 9.73. The first-order valence-corrected chi connectivity index (χ1v) is 9.60. The van der Waals surface area contributed by atoms with Gasteiger partial charge in [0.05, 0.1) is 6.10 Å². The van der Waals surface area contributed by atoms with Crippen LogP contribution in [0, 0.1) is 5.92 Å². The Morgan fingerprint density at radius 2 is 2.11 bits per heavy atom. The summed E-state index contributed by atoms with van der Waals surface area (Å²) in [5.41, 5.74) is -0.908. The summed E-state index contributed by atoms with van der Waals surface area (Å²) < 4.78 is 10.3. The zero-order valence-electron chi connectivity index (χ0n) is 15.6. The van der Waals surface area contributed by atoms with Gasteiger partial charge in [-0.15, -0.1) is 0 Å². The standard InChI is InChI=1S/C18H27N3O6/c1-12-5-2-3-7-18(12)16(24)21(17(25)20-18)10-15(23)27-11-14(22)19-9-13-6-4-8-26-13/h12-13H,2-11H2,1H3,(H,19,22)(H,20,25)/t12-,13-,18+/m0/s1. The minimum atomic E-state index is -0.908. The van der Waals surface area contributed by atoms with E-state index in [9.17, 15) is 19.2 Å². The van der Waals surface area contributed by atoms with E-state index in [4.69, 9.17) is 9.47 Å². The molecule has 4 amide bonds. The van der Waals surface area contributed by atoms with Crippen LogP contribution in [-0.4, -0.2) is 66.7 Å². The number of carbonyl (C=O) groups is 4. The Kier molecular flexibility index (Phi) is 5.98. The quantitative estimate of drug-likeness (QED) is 0.506. The van der Waals surface area contributed by atoms with Gasteiger partial charge in [-0.3, -0.25) is 19.3 Å². The molecule has 2 aliphatic heterocycles. The van der Waals surface area contributed by atoms with Crippen molar-refractivity contribution in [1.82, 2.24) is 15.5 Å². The van der Waals surface area contributed by atoms with Crippen molar-refractivity contribution in [1.29, 1.82) is 0 Å². The van der Waals surface area contributed by atoms with E-state index in [1.165, 1.54) is 0 Å². The maximum Gasteiger partial charge on any atom is 0.326 e. The third-order valence-corrected chi connectivity index (χ3v) is 5.70. The Balaban J connectivity index is 1.45. The van der Waals surface area contributed by atoms with Gasteiger partial charge in [0.2, 0.25) is 0 Å². The van der Waals surface area contributed by atoms with E-state index < -0.39 is 36.6 Å². The molecule has 2 saturated heterocycles. The number of imide groups is 1. The number of hydrogen-bond donors (Lipinski definition) is 2. The van der Waals surface area contributed by atoms with Gasteiger partial charge in [-0.05, 0) is 31.6 Å². The first kappa shape index (κ1) is 19.6. The third-order valence-electron chi connectivity index (χ3n) is 5.70. The lowest BCUT2D eigenvalue weighted by Gasteiger charge is -2.36. The highest BCUT2D eigenvalue weighted by atomic mass is 16.5. The number of nitrogens with one attached hydrogen (secondary N) is 2. The molecular formula is C18H27N3O6. The van der Waals surface area contributed by atoms with Crippen LogP contribution in [0.5, 0.6) is 0 Å². The molecule has 27 heavy (non-hydrogen) atoms. The average molecular weight is 381 g/mol. The van der Waals surface area contributed by atoms with Gasteiger partial charge in [-0.1, -0.05) is 19.8 Å². The summed E-state index contributed by atoms with van der Waals surface area (Å²) in [6.07, 6.45) is 5.19. The van der Waals surface area contributed by atoms with Gasteiger partial charge in [0, 0.05) is 13.2 Å². The summed E-state index contributed by atoms with van der Waals surface area (Å²) in [6, 6.07) is -0.575. The normalized spacial score (nSPS) is 30.5. The van der Waals surface area contributed by atoms with Crippen LogP contribution in [0.1, 0.15) is 45.4 Å². The fourth-order valence-electron chi connectivity index (χ4n) is 4.04. The number of hydrogen-bond acceptors (Lipinski definition) is 6. The minimum absolute atomic E-state index is 0.00393. The van der Waals surface area contributed by atoms with Crippen LogP contribution in [0.15, 0.2) is 0 Å². The number of ether oxygens (including phenoxy) is 2. The van der Waals surface area contributed by atoms with Crippen molar-refractivity contribution in [2.75, 3.05) is 26.3 Å². The molecule has 0 bridgehead atoms. The second-order valence-corrected chi connectivity index (χ2v) is 7.54. The van der Waals surface area contributed by atoms with Crippen LogP contribution in [0.4, 0.5) is 4.79 Å². The van der Waals surface area contributed by atoms with Crippen molar-refractivity contribution in [3.05, 3.63) is 0 Å². The monoisotopic (exact) mass is 381 g/mol. The summed E-state index contributed by atoms with van der Waals surface area (Å²) in [5, 5.41) is 5.42. The molecule has 150 valence electrons. The highest BCUT2D eigenvalue weighted by Crippen LogP contribution is 2.38. The largest absolute Gasteiger partial charge is 0.454 e. The smallest absolute Gasteiger partial charge is 0.326 e. The molecule has 1 saturated carbocycles. The van der Waals surface area contributed by atoms with E-state index in [1.807, 2.05) is 6.92 Å². The van der Waals surface area contributed by atoms with Gasteiger partial charge in [0.1, 0.15) is 12.1 Å². The maximum absolute atomic E-state index is 12.8. The number of nitrogens with zero attached hydrogens (tertiary/aromatic N) is 1. The van der Waals surface area contributed by atoms with E-state index in [0.29, 0.717) is 19.6 Å². The second-order valence-electron chi connectivity index (χ2n) is 7.54. The van der Waals surface area contributed by atoms with Crippen molar-refractivity contribution >= 4 is 23.8 Å². The Morgan fingerprint density at radius 3 is 2.81 bits per heavy atom. The van der Waals surface area contributed by atoms with Gasteiger partial charge in [0.25, 0.3) is 11.8 Å².